The Morgan fingerprint density at radius 2 is 1.66 bits per heavy atom. The summed E-state index contributed by atoms with van der Waals surface area (Å²) in [6.07, 6.45) is 5.19. The Hall–Kier alpha value is -3.56. The number of rotatable bonds is 7. The first kappa shape index (κ1) is 24.6. The number of hydrogen-bond acceptors (Lipinski definition) is 4. The molecule has 4 rings (SSSR count). The van der Waals surface area contributed by atoms with Gasteiger partial charge in [0.05, 0.1) is 18.8 Å². The molecule has 3 aromatic carbocycles. The molecule has 0 saturated carbocycles. The Kier molecular flexibility index (Phi) is 8.23. The lowest BCUT2D eigenvalue weighted by Gasteiger charge is -2.26. The molecule has 1 aliphatic rings. The molecule has 0 atom stereocenters. The van der Waals surface area contributed by atoms with E-state index in [1.165, 1.54) is 6.42 Å². The van der Waals surface area contributed by atoms with Gasteiger partial charge in [0, 0.05) is 23.1 Å². The van der Waals surface area contributed by atoms with Crippen LogP contribution in [0, 0.1) is 11.3 Å². The zero-order valence-electron chi connectivity index (χ0n) is 19.7. The highest BCUT2D eigenvalue weighted by molar-refractivity contribution is 9.10. The number of carbonyl (C=O) groups is 1. The first-order valence-electron chi connectivity index (χ1n) is 11.6. The van der Waals surface area contributed by atoms with Crippen LogP contribution in [0.4, 0.5) is 0 Å². The minimum absolute atomic E-state index is 0.0994. The second-order valence-corrected chi connectivity index (χ2v) is 9.34. The SMILES string of the molecule is COc1cc(/C=C(/C#N)c2ccc(Br)cc2)ccc1OCc1ccc(C(=O)N2CCCCC2)cc1. The Balaban J connectivity index is 1.43. The number of likely N-dealkylation sites (tertiary alicyclic amines) is 1. The topological polar surface area (TPSA) is 62.6 Å². The number of benzene rings is 3. The molecule has 178 valence electrons. The molecule has 6 heteroatoms. The van der Waals surface area contributed by atoms with Crippen LogP contribution in [-0.2, 0) is 6.61 Å². The summed E-state index contributed by atoms with van der Waals surface area (Å²) in [5.41, 5.74) is 3.93. The van der Waals surface area contributed by atoms with Crippen molar-refractivity contribution in [2.75, 3.05) is 20.2 Å². The normalized spacial score (nSPS) is 13.7. The Morgan fingerprint density at radius 3 is 2.31 bits per heavy atom. The number of halogens is 1. The summed E-state index contributed by atoms with van der Waals surface area (Å²) in [4.78, 5) is 14.6. The molecule has 0 unspecified atom stereocenters. The van der Waals surface area contributed by atoms with Gasteiger partial charge in [-0.1, -0.05) is 46.3 Å². The minimum atomic E-state index is 0.0994. The third kappa shape index (κ3) is 6.32. The van der Waals surface area contributed by atoms with Crippen molar-refractivity contribution in [2.45, 2.75) is 25.9 Å². The van der Waals surface area contributed by atoms with E-state index in [1.807, 2.05) is 77.7 Å². The number of piperidine rings is 1. The van der Waals surface area contributed by atoms with E-state index < -0.39 is 0 Å². The van der Waals surface area contributed by atoms with Gasteiger partial charge in [-0.3, -0.25) is 4.79 Å². The van der Waals surface area contributed by atoms with Crippen LogP contribution >= 0.6 is 15.9 Å². The molecule has 0 radical (unpaired) electrons. The smallest absolute Gasteiger partial charge is 0.253 e. The molecular formula is C29H27BrN2O3. The van der Waals surface area contributed by atoms with Crippen molar-refractivity contribution in [1.82, 2.24) is 4.90 Å². The van der Waals surface area contributed by atoms with Crippen LogP contribution < -0.4 is 9.47 Å². The van der Waals surface area contributed by atoms with Gasteiger partial charge in [0.1, 0.15) is 6.61 Å². The summed E-state index contributed by atoms with van der Waals surface area (Å²) in [6.45, 7) is 2.04. The maximum absolute atomic E-state index is 12.7. The molecule has 1 amide bonds. The van der Waals surface area contributed by atoms with Gasteiger partial charge in [-0.05, 0) is 78.4 Å². The average molecular weight is 531 g/mol. The minimum Gasteiger partial charge on any atom is -0.493 e. The van der Waals surface area contributed by atoms with Gasteiger partial charge in [-0.25, -0.2) is 0 Å². The molecule has 0 aromatic heterocycles. The molecule has 1 aliphatic heterocycles. The number of amides is 1. The first-order chi connectivity index (χ1) is 17.1. The lowest BCUT2D eigenvalue weighted by atomic mass is 10.0. The lowest BCUT2D eigenvalue weighted by molar-refractivity contribution is 0.0724. The van der Waals surface area contributed by atoms with Crippen LogP contribution in [0.5, 0.6) is 11.5 Å². The number of methoxy groups -OCH3 is 1. The van der Waals surface area contributed by atoms with Crippen LogP contribution in [-0.4, -0.2) is 31.0 Å². The van der Waals surface area contributed by atoms with E-state index in [9.17, 15) is 10.1 Å². The standard InChI is InChI=1S/C29H27BrN2O3/c1-34-28-18-22(17-25(19-31)23-10-12-26(30)13-11-23)7-14-27(28)35-20-21-5-8-24(9-6-21)29(33)32-15-3-2-4-16-32/h5-14,17-18H,2-4,15-16,20H2,1H3/b25-17-. The van der Waals surface area contributed by atoms with Crippen molar-refractivity contribution >= 4 is 33.5 Å². The van der Waals surface area contributed by atoms with Crippen molar-refractivity contribution in [3.05, 3.63) is 93.5 Å². The van der Waals surface area contributed by atoms with Gasteiger partial charge in [-0.15, -0.1) is 0 Å². The molecular weight excluding hydrogens is 504 g/mol. The number of nitriles is 1. The quantitative estimate of drug-likeness (QED) is 0.251. The molecule has 0 bridgehead atoms. The van der Waals surface area contributed by atoms with Gasteiger partial charge >= 0.3 is 0 Å². The summed E-state index contributed by atoms with van der Waals surface area (Å²) in [5, 5.41) is 9.62. The molecule has 1 heterocycles. The average Bonchev–Trinajstić information content (AvgIpc) is 2.91. The van der Waals surface area contributed by atoms with Crippen molar-refractivity contribution in [3.8, 4) is 17.6 Å². The monoisotopic (exact) mass is 530 g/mol. The van der Waals surface area contributed by atoms with E-state index in [2.05, 4.69) is 22.0 Å². The van der Waals surface area contributed by atoms with E-state index in [-0.39, 0.29) is 5.91 Å². The van der Waals surface area contributed by atoms with Crippen LogP contribution in [0.15, 0.2) is 71.2 Å². The predicted octanol–water partition coefficient (Wildman–Crippen LogP) is 6.73. The maximum atomic E-state index is 12.7. The second kappa shape index (κ2) is 11.7. The third-order valence-corrected chi connectivity index (χ3v) is 6.54. The fourth-order valence-electron chi connectivity index (χ4n) is 4.05. The highest BCUT2D eigenvalue weighted by Gasteiger charge is 2.18. The number of allylic oxidation sites excluding steroid dienone is 1. The summed E-state index contributed by atoms with van der Waals surface area (Å²) >= 11 is 3.42. The molecule has 35 heavy (non-hydrogen) atoms. The van der Waals surface area contributed by atoms with E-state index in [1.54, 1.807) is 7.11 Å². The van der Waals surface area contributed by atoms with Gasteiger partial charge in [0.25, 0.3) is 5.91 Å². The van der Waals surface area contributed by atoms with Crippen LogP contribution in [0.3, 0.4) is 0 Å². The molecule has 0 aliphatic carbocycles. The summed E-state index contributed by atoms with van der Waals surface area (Å²) in [6, 6.07) is 23.1. The molecule has 5 nitrogen and oxygen atoms in total. The fraction of sp³-hybridized carbons (Fsp3) is 0.241. The molecule has 1 saturated heterocycles. The Bertz CT molecular complexity index is 1240. The number of hydrogen-bond donors (Lipinski definition) is 0. The van der Waals surface area contributed by atoms with E-state index >= 15 is 0 Å². The predicted molar refractivity (Wildman–Crippen MR) is 141 cm³/mol. The van der Waals surface area contributed by atoms with Crippen LogP contribution in [0.25, 0.3) is 11.6 Å². The van der Waals surface area contributed by atoms with Gasteiger partial charge in [-0.2, -0.15) is 5.26 Å². The van der Waals surface area contributed by atoms with E-state index in [0.29, 0.717) is 29.2 Å². The molecule has 0 spiro atoms. The highest BCUT2D eigenvalue weighted by atomic mass is 79.9. The van der Waals surface area contributed by atoms with Crippen LogP contribution in [0.2, 0.25) is 0 Å². The summed E-state index contributed by atoms with van der Waals surface area (Å²) < 4.78 is 12.5. The number of nitrogens with zero attached hydrogens (tertiary/aromatic N) is 2. The third-order valence-electron chi connectivity index (χ3n) is 6.01. The van der Waals surface area contributed by atoms with E-state index in [0.717, 1.165) is 47.1 Å². The summed E-state index contributed by atoms with van der Waals surface area (Å²) in [5.74, 6) is 1.30. The Morgan fingerprint density at radius 1 is 0.971 bits per heavy atom. The zero-order valence-corrected chi connectivity index (χ0v) is 21.3. The summed E-state index contributed by atoms with van der Waals surface area (Å²) in [7, 11) is 1.59. The molecule has 0 N–H and O–H groups in total. The Labute approximate surface area is 214 Å². The lowest BCUT2D eigenvalue weighted by Crippen LogP contribution is -2.35. The number of carbonyl (C=O) groups excluding carboxylic acids is 1. The largest absolute Gasteiger partial charge is 0.493 e. The van der Waals surface area contributed by atoms with Crippen LogP contribution in [0.1, 0.15) is 46.3 Å². The van der Waals surface area contributed by atoms with E-state index in [4.69, 9.17) is 9.47 Å². The highest BCUT2D eigenvalue weighted by Crippen LogP contribution is 2.31. The molecule has 3 aromatic rings. The van der Waals surface area contributed by atoms with Crippen molar-refractivity contribution in [3.63, 3.8) is 0 Å². The molecule has 1 fully saturated rings. The second-order valence-electron chi connectivity index (χ2n) is 8.43. The van der Waals surface area contributed by atoms with Gasteiger partial charge in [0.15, 0.2) is 11.5 Å². The number of ether oxygens (including phenoxy) is 2. The maximum Gasteiger partial charge on any atom is 0.253 e. The fourth-order valence-corrected chi connectivity index (χ4v) is 4.32. The zero-order chi connectivity index (χ0) is 24.6. The van der Waals surface area contributed by atoms with Crippen molar-refractivity contribution < 1.29 is 14.3 Å². The first-order valence-corrected chi connectivity index (χ1v) is 12.4. The van der Waals surface area contributed by atoms with Gasteiger partial charge < -0.3 is 14.4 Å². The van der Waals surface area contributed by atoms with Crippen molar-refractivity contribution in [1.29, 1.82) is 5.26 Å². The van der Waals surface area contributed by atoms with Crippen molar-refractivity contribution in [2.24, 2.45) is 0 Å². The van der Waals surface area contributed by atoms with Gasteiger partial charge in [0.2, 0.25) is 0 Å².